The highest BCUT2D eigenvalue weighted by Gasteiger charge is 2.19. The maximum atomic E-state index is 5.44. The van der Waals surface area contributed by atoms with Gasteiger partial charge in [-0.05, 0) is 57.1 Å². The van der Waals surface area contributed by atoms with Crippen molar-refractivity contribution in [3.8, 4) is 0 Å². The monoisotopic (exact) mass is 344 g/mol. The lowest BCUT2D eigenvalue weighted by Crippen LogP contribution is -2.18. The number of rotatable bonds is 3. The van der Waals surface area contributed by atoms with Gasteiger partial charge in [-0.1, -0.05) is 0 Å². The Labute approximate surface area is 111 Å². The van der Waals surface area contributed by atoms with E-state index in [2.05, 4.69) is 42.2 Å². The predicted molar refractivity (Wildman–Crippen MR) is 69.2 cm³/mol. The third-order valence-corrected chi connectivity index (χ3v) is 3.37. The molecule has 0 fully saturated rings. The van der Waals surface area contributed by atoms with Gasteiger partial charge in [0.25, 0.3) is 0 Å². The molecule has 0 spiro atoms. The van der Waals surface area contributed by atoms with Crippen molar-refractivity contribution < 1.29 is 4.42 Å². The molecule has 2 aromatic rings. The van der Waals surface area contributed by atoms with Crippen molar-refractivity contribution in [2.75, 3.05) is 7.05 Å². The quantitative estimate of drug-likeness (QED) is 0.925. The van der Waals surface area contributed by atoms with Crippen molar-refractivity contribution in [3.63, 3.8) is 0 Å². The first kappa shape index (κ1) is 11.8. The van der Waals surface area contributed by atoms with Gasteiger partial charge in [-0.15, -0.1) is 0 Å². The summed E-state index contributed by atoms with van der Waals surface area (Å²) in [7, 11) is 1.88. The summed E-state index contributed by atoms with van der Waals surface area (Å²) >= 11 is 6.81. The summed E-state index contributed by atoms with van der Waals surface area (Å²) in [5.74, 6) is 0.831. The molecule has 2 aromatic heterocycles. The van der Waals surface area contributed by atoms with Crippen LogP contribution in [0.3, 0.4) is 0 Å². The molecule has 0 aromatic carbocycles. The fraction of sp³-hybridized carbons (Fsp3) is 0.182. The lowest BCUT2D eigenvalue weighted by Gasteiger charge is -2.13. The number of pyridine rings is 1. The van der Waals surface area contributed by atoms with E-state index in [0.29, 0.717) is 0 Å². The van der Waals surface area contributed by atoms with Crippen LogP contribution in [-0.2, 0) is 0 Å². The van der Waals surface area contributed by atoms with E-state index in [1.54, 1.807) is 12.5 Å². The molecule has 0 saturated heterocycles. The Morgan fingerprint density at radius 2 is 2.12 bits per heavy atom. The van der Waals surface area contributed by atoms with Gasteiger partial charge in [0.1, 0.15) is 11.8 Å². The largest absolute Gasteiger partial charge is 0.466 e. The first-order chi connectivity index (χ1) is 7.72. The van der Waals surface area contributed by atoms with Gasteiger partial charge >= 0.3 is 0 Å². The summed E-state index contributed by atoms with van der Waals surface area (Å²) < 4.78 is 7.34. The maximum absolute atomic E-state index is 5.44. The van der Waals surface area contributed by atoms with Crippen molar-refractivity contribution in [2.45, 2.75) is 6.04 Å². The summed E-state index contributed by atoms with van der Waals surface area (Å²) in [5.41, 5.74) is 0.918. The molecular formula is C11H10Br2N2O. The Kier molecular flexibility index (Phi) is 3.78. The van der Waals surface area contributed by atoms with E-state index in [4.69, 9.17) is 4.42 Å². The predicted octanol–water partition coefficient (Wildman–Crippen LogP) is 3.51. The zero-order valence-electron chi connectivity index (χ0n) is 8.58. The third kappa shape index (κ3) is 2.36. The van der Waals surface area contributed by atoms with Crippen LogP contribution < -0.4 is 5.32 Å². The van der Waals surface area contributed by atoms with Crippen LogP contribution in [0.2, 0.25) is 0 Å². The summed E-state index contributed by atoms with van der Waals surface area (Å²) in [5, 5.41) is 3.18. The number of nitrogens with zero attached hydrogens (tertiary/aromatic N) is 1. The molecule has 1 N–H and O–H groups in total. The van der Waals surface area contributed by atoms with Gasteiger partial charge in [-0.2, -0.15) is 0 Å². The van der Waals surface area contributed by atoms with Gasteiger partial charge < -0.3 is 9.73 Å². The van der Waals surface area contributed by atoms with E-state index in [1.165, 1.54) is 0 Å². The van der Waals surface area contributed by atoms with Crippen LogP contribution in [0.4, 0.5) is 0 Å². The topological polar surface area (TPSA) is 38.1 Å². The Morgan fingerprint density at radius 3 is 2.62 bits per heavy atom. The smallest absolute Gasteiger partial charge is 0.140 e. The van der Waals surface area contributed by atoms with Gasteiger partial charge in [0.15, 0.2) is 0 Å². The van der Waals surface area contributed by atoms with Crippen LogP contribution in [-0.4, -0.2) is 12.0 Å². The van der Waals surface area contributed by atoms with Crippen LogP contribution in [0.15, 0.2) is 44.0 Å². The van der Waals surface area contributed by atoms with Crippen molar-refractivity contribution in [3.05, 3.63) is 51.1 Å². The van der Waals surface area contributed by atoms with Crippen LogP contribution in [0.25, 0.3) is 0 Å². The molecule has 0 aliphatic rings. The van der Waals surface area contributed by atoms with Crippen molar-refractivity contribution in [1.29, 1.82) is 0 Å². The molecule has 3 nitrogen and oxygen atoms in total. The van der Waals surface area contributed by atoms with Crippen molar-refractivity contribution >= 4 is 31.9 Å². The number of hydrogen-bond acceptors (Lipinski definition) is 3. The van der Waals surface area contributed by atoms with Gasteiger partial charge in [-0.25, -0.2) is 0 Å². The second-order valence-corrected chi connectivity index (χ2v) is 5.03. The molecule has 0 saturated carbocycles. The van der Waals surface area contributed by atoms with Gasteiger partial charge in [0.2, 0.25) is 0 Å². The summed E-state index contributed by atoms with van der Waals surface area (Å²) in [6.45, 7) is 0. The Hall–Kier alpha value is -0.650. The third-order valence-electron chi connectivity index (χ3n) is 2.24. The van der Waals surface area contributed by atoms with E-state index in [9.17, 15) is 0 Å². The van der Waals surface area contributed by atoms with Gasteiger partial charge in [0, 0.05) is 10.7 Å². The van der Waals surface area contributed by atoms with E-state index < -0.39 is 0 Å². The van der Waals surface area contributed by atoms with E-state index in [-0.39, 0.29) is 6.04 Å². The van der Waals surface area contributed by atoms with Gasteiger partial charge in [-0.3, -0.25) is 4.98 Å². The molecule has 0 amide bonds. The number of nitrogens with one attached hydrogen (secondary N) is 1. The Morgan fingerprint density at radius 1 is 1.31 bits per heavy atom. The summed E-state index contributed by atoms with van der Waals surface area (Å²) in [6.07, 6.45) is 3.43. The molecule has 5 heteroatoms. The normalized spacial score (nSPS) is 12.7. The first-order valence-electron chi connectivity index (χ1n) is 4.74. The van der Waals surface area contributed by atoms with Crippen LogP contribution in [0, 0.1) is 0 Å². The first-order valence-corrected chi connectivity index (χ1v) is 6.32. The highest BCUT2D eigenvalue weighted by molar-refractivity contribution is 9.10. The molecule has 0 aliphatic carbocycles. The van der Waals surface area contributed by atoms with Crippen molar-refractivity contribution in [1.82, 2.24) is 10.3 Å². The SMILES string of the molecule is CNC(c1ccc(Br)cn1)c1occc1Br. The molecule has 16 heavy (non-hydrogen) atoms. The maximum Gasteiger partial charge on any atom is 0.140 e. The van der Waals surface area contributed by atoms with Crippen LogP contribution >= 0.6 is 31.9 Å². The molecule has 2 heterocycles. The second-order valence-electron chi connectivity index (χ2n) is 3.26. The number of aromatic nitrogens is 1. The van der Waals surface area contributed by atoms with E-state index >= 15 is 0 Å². The Balaban J connectivity index is 2.37. The minimum atomic E-state index is -0.0440. The average molecular weight is 346 g/mol. The molecular weight excluding hydrogens is 336 g/mol. The van der Waals surface area contributed by atoms with Gasteiger partial charge in [0.05, 0.1) is 16.4 Å². The summed E-state index contributed by atoms with van der Waals surface area (Å²) in [6, 6.07) is 5.75. The number of hydrogen-bond donors (Lipinski definition) is 1. The molecule has 1 unspecified atom stereocenters. The zero-order chi connectivity index (χ0) is 11.5. The number of furan rings is 1. The van der Waals surface area contributed by atoms with E-state index in [1.807, 2.05) is 25.2 Å². The fourth-order valence-electron chi connectivity index (χ4n) is 1.48. The summed E-state index contributed by atoms with van der Waals surface area (Å²) in [4.78, 5) is 4.36. The lowest BCUT2D eigenvalue weighted by molar-refractivity contribution is 0.456. The van der Waals surface area contributed by atoms with Crippen LogP contribution in [0.5, 0.6) is 0 Å². The minimum Gasteiger partial charge on any atom is -0.466 e. The second kappa shape index (κ2) is 5.12. The Bertz CT molecular complexity index is 467. The van der Waals surface area contributed by atoms with Crippen molar-refractivity contribution in [2.24, 2.45) is 0 Å². The molecule has 84 valence electrons. The zero-order valence-corrected chi connectivity index (χ0v) is 11.7. The van der Waals surface area contributed by atoms with E-state index in [0.717, 1.165) is 20.4 Å². The molecule has 0 aliphatic heterocycles. The molecule has 2 rings (SSSR count). The fourth-order valence-corrected chi connectivity index (χ4v) is 2.15. The average Bonchev–Trinajstić information content (AvgIpc) is 2.69. The molecule has 1 atom stereocenters. The highest BCUT2D eigenvalue weighted by Crippen LogP contribution is 2.28. The lowest BCUT2D eigenvalue weighted by atomic mass is 10.1. The minimum absolute atomic E-state index is 0.0440. The molecule has 0 radical (unpaired) electrons. The highest BCUT2D eigenvalue weighted by atomic mass is 79.9. The van der Waals surface area contributed by atoms with Crippen LogP contribution in [0.1, 0.15) is 17.5 Å². The molecule has 0 bridgehead atoms. The number of halogens is 2. The standard InChI is InChI=1S/C11H10Br2N2O/c1-14-10(11-8(13)4-5-16-11)9-3-2-7(12)6-15-9/h2-6,10,14H,1H3.